The maximum atomic E-state index is 5.21. The van der Waals surface area contributed by atoms with Crippen molar-refractivity contribution in [3.63, 3.8) is 0 Å². The molecule has 0 fully saturated rings. The fraction of sp³-hybridized carbons (Fsp3) is 0.200. The van der Waals surface area contributed by atoms with Crippen LogP contribution in [-0.4, -0.2) is 7.11 Å². The number of benzene rings is 2. The molecule has 0 unspecified atom stereocenters. The van der Waals surface area contributed by atoms with Crippen LogP contribution in [0.3, 0.4) is 0 Å². The molecule has 0 bridgehead atoms. The van der Waals surface area contributed by atoms with Crippen LogP contribution in [0.5, 0.6) is 5.75 Å². The van der Waals surface area contributed by atoms with E-state index in [9.17, 15) is 0 Å². The van der Waals surface area contributed by atoms with Crippen molar-refractivity contribution in [2.45, 2.75) is 13.5 Å². The molecule has 0 saturated carbocycles. The molecule has 2 nitrogen and oxygen atoms in total. The number of hydrogen-bond donors (Lipinski definition) is 1. The number of aryl methyl sites for hydroxylation is 1. The summed E-state index contributed by atoms with van der Waals surface area (Å²) in [6.45, 7) is 2.86. The number of nitrogens with one attached hydrogen (secondary N) is 1. The van der Waals surface area contributed by atoms with Crippen LogP contribution < -0.4 is 10.1 Å². The van der Waals surface area contributed by atoms with Gasteiger partial charge in [-0.1, -0.05) is 18.2 Å². The molecule has 0 saturated heterocycles. The normalized spacial score (nSPS) is 10.2. The smallest absolute Gasteiger partial charge is 0.119 e. The van der Waals surface area contributed by atoms with Crippen LogP contribution in [-0.2, 0) is 6.54 Å². The highest BCUT2D eigenvalue weighted by Gasteiger charge is 2.00. The lowest BCUT2D eigenvalue weighted by atomic mass is 10.2. The lowest BCUT2D eigenvalue weighted by molar-refractivity contribution is 0.414. The Hall–Kier alpha value is -1.48. The van der Waals surface area contributed by atoms with Crippen LogP contribution in [0.1, 0.15) is 11.1 Å². The van der Waals surface area contributed by atoms with Gasteiger partial charge in [-0.15, -0.1) is 0 Å². The molecular weight excluding hydrogens is 290 g/mol. The molecule has 0 aromatic heterocycles. The first kappa shape index (κ1) is 13.0. The molecule has 0 aliphatic rings. The van der Waals surface area contributed by atoms with E-state index in [1.54, 1.807) is 7.11 Å². The van der Waals surface area contributed by atoms with Crippen LogP contribution in [0.15, 0.2) is 46.9 Å². The monoisotopic (exact) mass is 305 g/mol. The Morgan fingerprint density at radius 3 is 2.72 bits per heavy atom. The van der Waals surface area contributed by atoms with E-state index in [0.717, 1.165) is 22.5 Å². The SMILES string of the molecule is COc1cccc(CNc2ccc(C)cc2Br)c1. The summed E-state index contributed by atoms with van der Waals surface area (Å²) in [6, 6.07) is 14.4. The van der Waals surface area contributed by atoms with Crippen LogP contribution in [0, 0.1) is 6.92 Å². The molecule has 0 heterocycles. The van der Waals surface area contributed by atoms with Gasteiger partial charge in [0.05, 0.1) is 7.11 Å². The fourth-order valence-corrected chi connectivity index (χ4v) is 2.38. The summed E-state index contributed by atoms with van der Waals surface area (Å²) in [7, 11) is 1.68. The van der Waals surface area contributed by atoms with E-state index in [4.69, 9.17) is 4.74 Å². The van der Waals surface area contributed by atoms with Gasteiger partial charge in [0.1, 0.15) is 5.75 Å². The standard InChI is InChI=1S/C15H16BrNO/c1-11-6-7-15(14(16)8-11)17-10-12-4-3-5-13(9-12)18-2/h3-9,17H,10H2,1-2H3. The van der Waals surface area contributed by atoms with Crippen molar-refractivity contribution >= 4 is 21.6 Å². The number of anilines is 1. The van der Waals surface area contributed by atoms with E-state index in [1.807, 2.05) is 18.2 Å². The topological polar surface area (TPSA) is 21.3 Å². The molecule has 94 valence electrons. The molecule has 1 N–H and O–H groups in total. The first-order valence-corrected chi connectivity index (χ1v) is 6.61. The Balaban J connectivity index is 2.06. The second-order valence-electron chi connectivity index (χ2n) is 4.19. The molecule has 2 rings (SSSR count). The van der Waals surface area contributed by atoms with Crippen molar-refractivity contribution < 1.29 is 4.74 Å². The van der Waals surface area contributed by atoms with Gasteiger partial charge < -0.3 is 10.1 Å². The summed E-state index contributed by atoms with van der Waals surface area (Å²) in [6.07, 6.45) is 0. The Kier molecular flexibility index (Phi) is 4.26. The maximum absolute atomic E-state index is 5.21. The maximum Gasteiger partial charge on any atom is 0.119 e. The minimum Gasteiger partial charge on any atom is -0.497 e. The molecule has 0 radical (unpaired) electrons. The van der Waals surface area contributed by atoms with E-state index in [2.05, 4.69) is 52.4 Å². The third kappa shape index (κ3) is 3.26. The predicted octanol–water partition coefficient (Wildman–Crippen LogP) is 4.38. The molecule has 0 spiro atoms. The molecular formula is C15H16BrNO. The van der Waals surface area contributed by atoms with Crippen molar-refractivity contribution in [3.05, 3.63) is 58.1 Å². The summed E-state index contributed by atoms with van der Waals surface area (Å²) in [5.74, 6) is 0.886. The van der Waals surface area contributed by atoms with E-state index in [-0.39, 0.29) is 0 Å². The fourth-order valence-electron chi connectivity index (χ4n) is 1.74. The second-order valence-corrected chi connectivity index (χ2v) is 5.04. The van der Waals surface area contributed by atoms with Crippen molar-refractivity contribution in [2.24, 2.45) is 0 Å². The van der Waals surface area contributed by atoms with Gasteiger partial charge in [0.15, 0.2) is 0 Å². The minimum absolute atomic E-state index is 0.777. The molecule has 3 heteroatoms. The van der Waals surface area contributed by atoms with E-state index >= 15 is 0 Å². The van der Waals surface area contributed by atoms with E-state index in [1.165, 1.54) is 11.1 Å². The molecule has 18 heavy (non-hydrogen) atoms. The van der Waals surface area contributed by atoms with Crippen molar-refractivity contribution in [1.82, 2.24) is 0 Å². The Morgan fingerprint density at radius 1 is 1.17 bits per heavy atom. The van der Waals surface area contributed by atoms with E-state index < -0.39 is 0 Å². The number of methoxy groups -OCH3 is 1. The number of hydrogen-bond acceptors (Lipinski definition) is 2. The predicted molar refractivity (Wildman–Crippen MR) is 79.2 cm³/mol. The quantitative estimate of drug-likeness (QED) is 0.905. The number of ether oxygens (including phenoxy) is 1. The average Bonchev–Trinajstić information content (AvgIpc) is 2.38. The van der Waals surface area contributed by atoms with Gasteiger partial charge in [-0.2, -0.15) is 0 Å². The van der Waals surface area contributed by atoms with Gasteiger partial charge in [0, 0.05) is 16.7 Å². The first-order valence-electron chi connectivity index (χ1n) is 5.82. The second kappa shape index (κ2) is 5.91. The van der Waals surface area contributed by atoms with Crippen molar-refractivity contribution in [2.75, 3.05) is 12.4 Å². The zero-order valence-electron chi connectivity index (χ0n) is 10.5. The molecule has 2 aromatic rings. The minimum atomic E-state index is 0.777. The summed E-state index contributed by atoms with van der Waals surface area (Å²) in [5.41, 5.74) is 3.54. The Labute approximate surface area is 116 Å². The van der Waals surface area contributed by atoms with Crippen molar-refractivity contribution in [1.29, 1.82) is 0 Å². The van der Waals surface area contributed by atoms with Gasteiger partial charge >= 0.3 is 0 Å². The molecule has 0 aliphatic heterocycles. The molecule has 0 atom stereocenters. The molecule has 2 aromatic carbocycles. The van der Waals surface area contributed by atoms with Gasteiger partial charge in [-0.25, -0.2) is 0 Å². The van der Waals surface area contributed by atoms with Crippen molar-refractivity contribution in [3.8, 4) is 5.75 Å². The summed E-state index contributed by atoms with van der Waals surface area (Å²) in [4.78, 5) is 0. The van der Waals surface area contributed by atoms with E-state index in [0.29, 0.717) is 0 Å². The van der Waals surface area contributed by atoms with Crippen LogP contribution >= 0.6 is 15.9 Å². The van der Waals surface area contributed by atoms with Gasteiger partial charge in [0.25, 0.3) is 0 Å². The average molecular weight is 306 g/mol. The van der Waals surface area contributed by atoms with Crippen LogP contribution in [0.4, 0.5) is 5.69 Å². The highest BCUT2D eigenvalue weighted by molar-refractivity contribution is 9.10. The Morgan fingerprint density at radius 2 is 2.00 bits per heavy atom. The lowest BCUT2D eigenvalue weighted by Crippen LogP contribution is -2.00. The zero-order valence-corrected chi connectivity index (χ0v) is 12.1. The third-order valence-corrected chi connectivity index (χ3v) is 3.40. The highest BCUT2D eigenvalue weighted by Crippen LogP contribution is 2.24. The van der Waals surface area contributed by atoms with Gasteiger partial charge in [-0.3, -0.25) is 0 Å². The third-order valence-electron chi connectivity index (χ3n) is 2.74. The summed E-state index contributed by atoms with van der Waals surface area (Å²) in [5, 5.41) is 3.41. The van der Waals surface area contributed by atoms with Crippen LogP contribution in [0.25, 0.3) is 0 Å². The highest BCUT2D eigenvalue weighted by atomic mass is 79.9. The number of halogens is 1. The van der Waals surface area contributed by atoms with Crippen LogP contribution in [0.2, 0.25) is 0 Å². The van der Waals surface area contributed by atoms with Gasteiger partial charge in [0.2, 0.25) is 0 Å². The summed E-state index contributed by atoms with van der Waals surface area (Å²) >= 11 is 3.56. The Bertz CT molecular complexity index is 540. The largest absolute Gasteiger partial charge is 0.497 e. The molecule has 0 aliphatic carbocycles. The molecule has 0 amide bonds. The first-order chi connectivity index (χ1) is 8.69. The number of rotatable bonds is 4. The zero-order chi connectivity index (χ0) is 13.0. The van der Waals surface area contributed by atoms with Gasteiger partial charge in [-0.05, 0) is 58.2 Å². The summed E-state index contributed by atoms with van der Waals surface area (Å²) < 4.78 is 6.30. The lowest BCUT2D eigenvalue weighted by Gasteiger charge is -2.10.